The summed E-state index contributed by atoms with van der Waals surface area (Å²) in [6.07, 6.45) is -0.277. The van der Waals surface area contributed by atoms with E-state index in [0.717, 1.165) is 17.3 Å². The van der Waals surface area contributed by atoms with Gasteiger partial charge in [-0.05, 0) is 30.7 Å². The third-order valence-corrected chi connectivity index (χ3v) is 7.20. The number of nitrogens with zero attached hydrogens (tertiary/aromatic N) is 3. The molecule has 0 amide bonds. The van der Waals surface area contributed by atoms with Crippen molar-refractivity contribution in [2.45, 2.75) is 17.7 Å². The van der Waals surface area contributed by atoms with Gasteiger partial charge in [0.1, 0.15) is 11.9 Å². The van der Waals surface area contributed by atoms with Gasteiger partial charge in [-0.3, -0.25) is 9.36 Å². The molecule has 0 N–H and O–H groups in total. The highest BCUT2D eigenvalue weighted by Crippen LogP contribution is 2.28. The number of esters is 1. The number of ether oxygens (including phenoxy) is 1. The van der Waals surface area contributed by atoms with Crippen LogP contribution in [0.15, 0.2) is 59.8 Å². The number of sulfone groups is 1. The van der Waals surface area contributed by atoms with Crippen molar-refractivity contribution in [1.82, 2.24) is 14.8 Å². The van der Waals surface area contributed by atoms with Crippen molar-refractivity contribution in [2.24, 2.45) is 0 Å². The second kappa shape index (κ2) is 8.57. The van der Waals surface area contributed by atoms with Gasteiger partial charge in [0, 0.05) is 11.3 Å². The van der Waals surface area contributed by atoms with E-state index < -0.39 is 21.9 Å². The predicted molar refractivity (Wildman–Crippen MR) is 111 cm³/mol. The molecule has 0 aliphatic carbocycles. The first-order chi connectivity index (χ1) is 14.4. The summed E-state index contributed by atoms with van der Waals surface area (Å²) in [7, 11) is -3.12. The fraction of sp³-hybridized carbons (Fsp3) is 0.250. The van der Waals surface area contributed by atoms with Crippen molar-refractivity contribution in [1.29, 1.82) is 0 Å². The van der Waals surface area contributed by atoms with Crippen LogP contribution in [-0.2, 0) is 19.4 Å². The summed E-state index contributed by atoms with van der Waals surface area (Å²) in [5.74, 6) is -0.468. The predicted octanol–water partition coefficient (Wildman–Crippen LogP) is 2.90. The molecule has 10 heteroatoms. The maximum Gasteiger partial charge on any atom is 0.316 e. The molecule has 30 heavy (non-hydrogen) atoms. The molecule has 7 nitrogen and oxygen atoms in total. The van der Waals surface area contributed by atoms with E-state index in [9.17, 15) is 17.6 Å². The average molecular weight is 448 g/mol. The molecule has 1 atom stereocenters. The molecular weight excluding hydrogens is 429 g/mol. The largest absolute Gasteiger partial charge is 0.461 e. The van der Waals surface area contributed by atoms with Crippen molar-refractivity contribution in [3.8, 4) is 17.1 Å². The Morgan fingerprint density at radius 2 is 1.87 bits per heavy atom. The Balaban J connectivity index is 1.55. The highest BCUT2D eigenvalue weighted by atomic mass is 32.2. The zero-order chi connectivity index (χ0) is 21.1. The second-order valence-corrected chi connectivity index (χ2v) is 9.96. The zero-order valence-corrected chi connectivity index (χ0v) is 17.4. The molecule has 1 aliphatic heterocycles. The lowest BCUT2D eigenvalue weighted by Crippen LogP contribution is -2.20. The van der Waals surface area contributed by atoms with Crippen LogP contribution in [0.3, 0.4) is 0 Å². The molecule has 2 aromatic carbocycles. The lowest BCUT2D eigenvalue weighted by molar-refractivity contribution is -0.144. The Morgan fingerprint density at radius 3 is 2.53 bits per heavy atom. The van der Waals surface area contributed by atoms with E-state index in [0.29, 0.717) is 23.1 Å². The SMILES string of the molecule is O=C(CSc1nnc(-c2ccccc2)n1-c1ccc(F)cc1)O[C@@H]1CCS(=O)(=O)C1. The Kier molecular flexibility index (Phi) is 5.87. The Labute approximate surface area is 177 Å². The topological polar surface area (TPSA) is 91.2 Å². The fourth-order valence-electron chi connectivity index (χ4n) is 3.16. The molecule has 1 fully saturated rings. The summed E-state index contributed by atoms with van der Waals surface area (Å²) in [5.41, 5.74) is 1.47. The summed E-state index contributed by atoms with van der Waals surface area (Å²) >= 11 is 1.12. The Bertz CT molecular complexity index is 1150. The van der Waals surface area contributed by atoms with Gasteiger partial charge in [0.25, 0.3) is 0 Å². The zero-order valence-electron chi connectivity index (χ0n) is 15.8. The van der Waals surface area contributed by atoms with Crippen molar-refractivity contribution < 1.29 is 22.3 Å². The number of carbonyl (C=O) groups excluding carboxylic acids is 1. The minimum absolute atomic E-state index is 0.0391. The van der Waals surface area contributed by atoms with Crippen LogP contribution < -0.4 is 0 Å². The minimum Gasteiger partial charge on any atom is -0.461 e. The van der Waals surface area contributed by atoms with E-state index in [1.807, 2.05) is 30.3 Å². The number of aromatic nitrogens is 3. The number of rotatable bonds is 6. The molecule has 1 aliphatic rings. The lowest BCUT2D eigenvalue weighted by Gasteiger charge is -2.12. The van der Waals surface area contributed by atoms with Crippen LogP contribution in [0.5, 0.6) is 0 Å². The van der Waals surface area contributed by atoms with Crippen molar-refractivity contribution in [2.75, 3.05) is 17.3 Å². The van der Waals surface area contributed by atoms with Gasteiger partial charge in [0.15, 0.2) is 20.8 Å². The van der Waals surface area contributed by atoms with E-state index >= 15 is 0 Å². The molecule has 156 valence electrons. The van der Waals surface area contributed by atoms with Gasteiger partial charge in [0.05, 0.1) is 17.3 Å². The molecule has 1 saturated heterocycles. The number of carbonyl (C=O) groups is 1. The van der Waals surface area contributed by atoms with Gasteiger partial charge >= 0.3 is 5.97 Å². The molecule has 1 aromatic heterocycles. The highest BCUT2D eigenvalue weighted by Gasteiger charge is 2.30. The van der Waals surface area contributed by atoms with Crippen molar-refractivity contribution in [3.05, 3.63) is 60.4 Å². The second-order valence-electron chi connectivity index (χ2n) is 6.79. The highest BCUT2D eigenvalue weighted by molar-refractivity contribution is 7.99. The molecule has 0 radical (unpaired) electrons. The summed E-state index contributed by atoms with van der Waals surface area (Å²) < 4.78 is 43.5. The Morgan fingerprint density at radius 1 is 1.13 bits per heavy atom. The maximum absolute atomic E-state index is 13.4. The van der Waals surface area contributed by atoms with Gasteiger partial charge in [-0.2, -0.15) is 0 Å². The first kappa shape index (κ1) is 20.5. The summed E-state index contributed by atoms with van der Waals surface area (Å²) in [5, 5.41) is 8.89. The molecule has 0 bridgehead atoms. The maximum atomic E-state index is 13.4. The van der Waals surface area contributed by atoms with Crippen LogP contribution in [0.2, 0.25) is 0 Å². The van der Waals surface area contributed by atoms with Crippen LogP contribution >= 0.6 is 11.8 Å². The van der Waals surface area contributed by atoms with Gasteiger partial charge in [-0.1, -0.05) is 42.1 Å². The van der Waals surface area contributed by atoms with E-state index in [2.05, 4.69) is 10.2 Å². The van der Waals surface area contributed by atoms with Crippen LogP contribution in [0.4, 0.5) is 4.39 Å². The molecule has 0 unspecified atom stereocenters. The smallest absolute Gasteiger partial charge is 0.316 e. The summed E-state index contributed by atoms with van der Waals surface area (Å²) in [6, 6.07) is 15.3. The molecule has 0 saturated carbocycles. The molecule has 3 aromatic rings. The van der Waals surface area contributed by atoms with Crippen molar-refractivity contribution in [3.63, 3.8) is 0 Å². The van der Waals surface area contributed by atoms with E-state index in [-0.39, 0.29) is 23.1 Å². The van der Waals surface area contributed by atoms with Gasteiger partial charge < -0.3 is 4.74 Å². The summed E-state index contributed by atoms with van der Waals surface area (Å²) in [4.78, 5) is 12.2. The standard InChI is InChI=1S/C20H18FN3O4S2/c21-15-6-8-16(9-7-15)24-19(14-4-2-1-3-5-14)22-23-20(24)29-12-18(25)28-17-10-11-30(26,27)13-17/h1-9,17H,10-13H2/t17-/m1/s1. The molecular formula is C20H18FN3O4S2. The normalized spacial score (nSPS) is 17.7. The number of hydrogen-bond acceptors (Lipinski definition) is 7. The van der Waals surface area contributed by atoms with Crippen LogP contribution in [0, 0.1) is 5.82 Å². The molecule has 2 heterocycles. The quantitative estimate of drug-likeness (QED) is 0.424. The first-order valence-electron chi connectivity index (χ1n) is 9.21. The van der Waals surface area contributed by atoms with Gasteiger partial charge in [0.2, 0.25) is 0 Å². The Hall–Kier alpha value is -2.72. The monoisotopic (exact) mass is 447 g/mol. The van der Waals surface area contributed by atoms with E-state index in [4.69, 9.17) is 4.74 Å². The third-order valence-electron chi connectivity index (χ3n) is 4.56. The van der Waals surface area contributed by atoms with Gasteiger partial charge in [-0.25, -0.2) is 12.8 Å². The van der Waals surface area contributed by atoms with Crippen molar-refractivity contribution >= 4 is 27.6 Å². The minimum atomic E-state index is -3.12. The molecule has 0 spiro atoms. The van der Waals surface area contributed by atoms with Crippen LogP contribution in [0.1, 0.15) is 6.42 Å². The third kappa shape index (κ3) is 4.71. The molecule has 4 rings (SSSR count). The van der Waals surface area contributed by atoms with E-state index in [1.54, 1.807) is 16.7 Å². The average Bonchev–Trinajstić information content (AvgIpc) is 3.30. The van der Waals surface area contributed by atoms with E-state index in [1.165, 1.54) is 12.1 Å². The fourth-order valence-corrected chi connectivity index (χ4v) is 5.48. The van der Waals surface area contributed by atoms with Crippen LogP contribution in [-0.4, -0.2) is 52.5 Å². The summed E-state index contributed by atoms with van der Waals surface area (Å²) in [6.45, 7) is 0. The van der Waals surface area contributed by atoms with Crippen LogP contribution in [0.25, 0.3) is 17.1 Å². The first-order valence-corrected chi connectivity index (χ1v) is 12.0. The van der Waals surface area contributed by atoms with Gasteiger partial charge in [-0.15, -0.1) is 10.2 Å². The number of hydrogen-bond donors (Lipinski definition) is 0. The number of thioether (sulfide) groups is 1. The number of benzene rings is 2. The number of halogens is 1. The lowest BCUT2D eigenvalue weighted by atomic mass is 10.2.